The highest BCUT2D eigenvalue weighted by Crippen LogP contribution is 2.37. The summed E-state index contributed by atoms with van der Waals surface area (Å²) in [5.74, 6) is 0. The Morgan fingerprint density at radius 1 is 0.560 bits per heavy atom. The number of hydrogen-bond acceptors (Lipinski definition) is 3. The van der Waals surface area contributed by atoms with E-state index >= 15 is 0 Å². The molecule has 0 aliphatic rings. The molecule has 0 rings (SSSR count). The van der Waals surface area contributed by atoms with E-state index < -0.39 is 41.2 Å². The Kier molecular flexibility index (Phi) is 8.52. The van der Waals surface area contributed by atoms with E-state index in [1.807, 2.05) is 0 Å². The first-order valence-electron chi connectivity index (χ1n) is 9.47. The minimum absolute atomic E-state index is 0.540. The molecule has 1 atom stereocenters. The van der Waals surface area contributed by atoms with E-state index in [2.05, 4.69) is 111 Å². The molecule has 0 aromatic rings. The largest absolute Gasteiger partial charge is 0.352 e. The van der Waals surface area contributed by atoms with Crippen LogP contribution >= 0.6 is 8.88 Å². The fraction of sp³-hybridized carbons (Fsp3) is 1.00. The van der Waals surface area contributed by atoms with Gasteiger partial charge < -0.3 is 0 Å². The third-order valence-corrected chi connectivity index (χ3v) is 23.0. The molecule has 4 nitrogen and oxygen atoms in total. The molecule has 0 aliphatic heterocycles. The predicted molar refractivity (Wildman–Crippen MR) is 131 cm³/mol. The molecule has 0 fully saturated rings. The van der Waals surface area contributed by atoms with Gasteiger partial charge in [-0.3, -0.25) is 8.37 Å². The van der Waals surface area contributed by atoms with Gasteiger partial charge in [-0.05, 0) is 39.3 Å². The van der Waals surface area contributed by atoms with Crippen molar-refractivity contribution in [2.45, 2.75) is 98.2 Å². The number of rotatable bonds is 8. The maximum absolute atomic E-state index is 5.33. The van der Waals surface area contributed by atoms with Crippen LogP contribution in [0.4, 0.5) is 0 Å². The summed E-state index contributed by atoms with van der Waals surface area (Å²) in [6.07, 6.45) is 0. The molecule has 0 saturated heterocycles. The highest BCUT2D eigenvalue weighted by molar-refractivity contribution is 7.37. The molecule has 0 saturated carbocycles. The molecule has 0 bridgehead atoms. The zero-order valence-electron chi connectivity index (χ0n) is 19.8. The number of hydrazine groups is 1. The summed E-state index contributed by atoms with van der Waals surface area (Å²) < 4.78 is 8.23. The van der Waals surface area contributed by atoms with E-state index in [-0.39, 0.29) is 0 Å². The molecule has 1 unspecified atom stereocenters. The Hall–Kier alpha value is 1.03. The zero-order valence-corrected chi connectivity index (χ0v) is 25.8. The average molecular weight is 454 g/mol. The molecule has 0 heterocycles. The molecule has 25 heavy (non-hydrogen) atoms. The van der Waals surface area contributed by atoms with E-state index in [0.29, 0.717) is 8.88 Å². The average Bonchev–Trinajstić information content (AvgIpc) is 2.17. The van der Waals surface area contributed by atoms with Gasteiger partial charge in [-0.25, -0.2) is 4.44 Å². The van der Waals surface area contributed by atoms with Crippen LogP contribution in [0.1, 0.15) is 0 Å². The van der Waals surface area contributed by atoms with Crippen LogP contribution in [0.2, 0.25) is 98.2 Å². The van der Waals surface area contributed by atoms with Gasteiger partial charge in [-0.1, -0.05) is 63.8 Å². The van der Waals surface area contributed by atoms with Gasteiger partial charge in [0.15, 0.2) is 0 Å². The van der Waals surface area contributed by atoms with E-state index in [9.17, 15) is 0 Å². The second kappa shape index (κ2) is 8.18. The zero-order chi connectivity index (χ0) is 20.6. The summed E-state index contributed by atoms with van der Waals surface area (Å²) in [5, 5.41) is 0. The van der Waals surface area contributed by atoms with Crippen molar-refractivity contribution in [1.29, 1.82) is 0 Å². The molecule has 0 radical (unpaired) electrons. The van der Waals surface area contributed by atoms with Crippen LogP contribution in [0.3, 0.4) is 0 Å². The van der Waals surface area contributed by atoms with Crippen LogP contribution in [0.5, 0.6) is 0 Å². The third kappa shape index (κ3) is 8.29. The van der Waals surface area contributed by atoms with E-state index in [1.165, 1.54) is 0 Å². The lowest BCUT2D eigenvalue weighted by atomic mass is 11.8. The van der Waals surface area contributed by atoms with Crippen molar-refractivity contribution in [2.24, 2.45) is 4.88 Å². The molecule has 0 N–H and O–H groups in total. The Morgan fingerprint density at radius 3 is 1.08 bits per heavy atom. The first-order valence-corrected chi connectivity index (χ1v) is 27.6. The lowest BCUT2D eigenvalue weighted by Gasteiger charge is -2.53. The number of nitrogens with zero attached hydrogens (tertiary/aromatic N) is 4. The molecule has 0 aliphatic carbocycles. The fourth-order valence-corrected chi connectivity index (χ4v) is 31.3. The molecular formula is C15H46N4PSi5+. The maximum atomic E-state index is 5.33. The van der Waals surface area contributed by atoms with Gasteiger partial charge in [0.2, 0.25) is 0 Å². The molecule has 10 heteroatoms. The Balaban J connectivity index is 6.15. The van der Waals surface area contributed by atoms with Crippen molar-refractivity contribution in [3.63, 3.8) is 0 Å². The molecule has 0 aromatic carbocycles. The fourth-order valence-electron chi connectivity index (χ4n) is 3.49. The van der Waals surface area contributed by atoms with Crippen LogP contribution in [-0.2, 0) is 0 Å². The molecular weight excluding hydrogens is 408 g/mol. The summed E-state index contributed by atoms with van der Waals surface area (Å²) in [7, 11) is -6.76. The normalized spacial score (nSPS) is 15.6. The van der Waals surface area contributed by atoms with E-state index in [0.717, 1.165) is 0 Å². The van der Waals surface area contributed by atoms with Crippen molar-refractivity contribution in [3.05, 3.63) is 0 Å². The van der Waals surface area contributed by atoms with Gasteiger partial charge in [-0.2, -0.15) is 0 Å². The molecule has 150 valence electrons. The Labute approximate surface area is 165 Å². The first kappa shape index (κ1) is 26.0. The monoisotopic (exact) mass is 453 g/mol. The summed E-state index contributed by atoms with van der Waals surface area (Å²) >= 11 is 0. The summed E-state index contributed by atoms with van der Waals surface area (Å²) in [6, 6.07) is 0. The van der Waals surface area contributed by atoms with Gasteiger partial charge in [0.1, 0.15) is 33.6 Å². The topological polar surface area (TPSA) is 21.9 Å². The third-order valence-electron chi connectivity index (χ3n) is 3.62. The lowest BCUT2D eigenvalue weighted by molar-refractivity contribution is -0.324. The van der Waals surface area contributed by atoms with Gasteiger partial charge in [-0.15, -0.1) is 0 Å². The Morgan fingerprint density at radius 2 is 0.880 bits per heavy atom. The minimum atomic E-state index is -1.50. The van der Waals surface area contributed by atoms with Crippen LogP contribution in [0.15, 0.2) is 4.88 Å². The highest BCUT2D eigenvalue weighted by atomic mass is 31.1. The highest BCUT2D eigenvalue weighted by Gasteiger charge is 2.46. The number of hydrogen-bond donors (Lipinski definition) is 0. The van der Waals surface area contributed by atoms with Crippen LogP contribution in [0.25, 0.3) is 0 Å². The van der Waals surface area contributed by atoms with Crippen molar-refractivity contribution < 1.29 is 4.03 Å². The quantitative estimate of drug-likeness (QED) is 0.177. The SMILES string of the molecule is C[Si](C)(C)N(PN=[N+]([Si](C)(C)C)[Si](C)(C)C)N([Si](C)(C)C)[Si](C)(C)C. The van der Waals surface area contributed by atoms with Crippen molar-refractivity contribution >= 4 is 50.1 Å². The maximum Gasteiger partial charge on any atom is 0.352 e. The van der Waals surface area contributed by atoms with Crippen molar-refractivity contribution in [2.75, 3.05) is 0 Å². The molecule has 0 aromatic heterocycles. The smallest absolute Gasteiger partial charge is 0.285 e. The first-order chi connectivity index (χ1) is 10.6. The lowest BCUT2D eigenvalue weighted by Crippen LogP contribution is -2.68. The molecule has 0 spiro atoms. The standard InChI is InChI=1S/C15H46N4PSi5/c1-21(2,3)17(22(4,5)6)16-20-18(23(7,8)9)19(24(10,11)12)25(13,14)15/h20H,1-15H3/q+1. The van der Waals surface area contributed by atoms with Crippen LogP contribution < -0.4 is 0 Å². The Bertz CT molecular complexity index is 449. The van der Waals surface area contributed by atoms with Crippen LogP contribution in [0, 0.1) is 0 Å². The van der Waals surface area contributed by atoms with Crippen molar-refractivity contribution in [3.8, 4) is 0 Å². The second-order valence-corrected chi connectivity index (χ2v) is 38.0. The van der Waals surface area contributed by atoms with Crippen molar-refractivity contribution in [1.82, 2.24) is 8.79 Å². The van der Waals surface area contributed by atoms with Crippen LogP contribution in [-0.4, -0.2) is 54.0 Å². The van der Waals surface area contributed by atoms with Gasteiger partial charge >= 0.3 is 16.5 Å². The van der Waals surface area contributed by atoms with E-state index in [1.54, 1.807) is 0 Å². The second-order valence-electron chi connectivity index (χ2n) is 12.0. The predicted octanol–water partition coefficient (Wildman–Crippen LogP) is 6.65. The van der Waals surface area contributed by atoms with Gasteiger partial charge in [0.25, 0.3) is 0 Å². The molecule has 0 amide bonds. The summed E-state index contributed by atoms with van der Waals surface area (Å²) in [6.45, 7) is 37.1. The van der Waals surface area contributed by atoms with E-state index in [4.69, 9.17) is 4.88 Å². The van der Waals surface area contributed by atoms with Gasteiger partial charge in [0, 0.05) is 0 Å². The summed E-state index contributed by atoms with van der Waals surface area (Å²) in [5.41, 5.74) is 0. The minimum Gasteiger partial charge on any atom is -0.285 e. The van der Waals surface area contributed by atoms with Gasteiger partial charge in [0.05, 0.1) is 0 Å². The summed E-state index contributed by atoms with van der Waals surface area (Å²) in [4.78, 5) is 5.33.